The summed E-state index contributed by atoms with van der Waals surface area (Å²) in [6, 6.07) is 16.1. The maximum atomic E-state index is 13.2. The van der Waals surface area contributed by atoms with Crippen molar-refractivity contribution in [1.82, 2.24) is 25.0 Å². The minimum Gasteiger partial charge on any atom is -0.466 e. The standard InChI is InChI=1S/C24H22ClN5O3S/c1-33-22(31)20-19(13-34-24-28-26-14-29(24)18-9-5-8-16(25)12-18)30(17-10-11-17)23(32)27-21(20)15-6-3-2-4-7-15/h2-9,12,14,17,21H,10-11,13H2,1H3,(H,27,32). The Morgan fingerprint density at radius 2 is 2.00 bits per heavy atom. The average molecular weight is 496 g/mol. The Morgan fingerprint density at radius 3 is 2.71 bits per heavy atom. The molecule has 2 heterocycles. The summed E-state index contributed by atoms with van der Waals surface area (Å²) in [7, 11) is 1.36. The van der Waals surface area contributed by atoms with Crippen LogP contribution in [-0.2, 0) is 9.53 Å². The number of nitrogens with one attached hydrogen (secondary N) is 1. The van der Waals surface area contributed by atoms with Crippen molar-refractivity contribution in [3.8, 4) is 5.69 Å². The summed E-state index contributed by atoms with van der Waals surface area (Å²) in [5.41, 5.74) is 2.71. The Labute approximate surface area is 205 Å². The Kier molecular flexibility index (Phi) is 6.30. The average Bonchev–Trinajstić information content (AvgIpc) is 3.58. The summed E-state index contributed by atoms with van der Waals surface area (Å²) in [4.78, 5) is 27.9. The second-order valence-electron chi connectivity index (χ2n) is 8.00. The molecular weight excluding hydrogens is 474 g/mol. The lowest BCUT2D eigenvalue weighted by atomic mass is 9.95. The van der Waals surface area contributed by atoms with E-state index in [1.807, 2.05) is 53.1 Å². The van der Waals surface area contributed by atoms with Crippen molar-refractivity contribution < 1.29 is 14.3 Å². The third kappa shape index (κ3) is 4.41. The van der Waals surface area contributed by atoms with Gasteiger partial charge in [0.2, 0.25) is 0 Å². The van der Waals surface area contributed by atoms with Gasteiger partial charge in [-0.25, -0.2) is 9.59 Å². The first-order chi connectivity index (χ1) is 16.6. The zero-order valence-electron chi connectivity index (χ0n) is 18.3. The minimum atomic E-state index is -0.599. The van der Waals surface area contributed by atoms with E-state index in [9.17, 15) is 9.59 Å². The third-order valence-electron chi connectivity index (χ3n) is 5.77. The summed E-state index contributed by atoms with van der Waals surface area (Å²) < 4.78 is 6.99. The number of benzene rings is 2. The molecule has 10 heteroatoms. The molecule has 1 aliphatic carbocycles. The highest BCUT2D eigenvalue weighted by atomic mass is 35.5. The summed E-state index contributed by atoms with van der Waals surface area (Å²) in [5, 5.41) is 12.5. The van der Waals surface area contributed by atoms with Crippen LogP contribution in [0.25, 0.3) is 5.69 Å². The van der Waals surface area contributed by atoms with Crippen LogP contribution in [0.1, 0.15) is 24.4 Å². The Morgan fingerprint density at radius 1 is 1.21 bits per heavy atom. The fourth-order valence-corrected chi connectivity index (χ4v) is 5.19. The van der Waals surface area contributed by atoms with E-state index in [4.69, 9.17) is 16.3 Å². The van der Waals surface area contributed by atoms with E-state index in [1.54, 1.807) is 17.3 Å². The number of hydrogen-bond donors (Lipinski definition) is 1. The van der Waals surface area contributed by atoms with Gasteiger partial charge in [-0.3, -0.25) is 9.47 Å². The molecule has 1 aliphatic heterocycles. The number of esters is 1. The van der Waals surface area contributed by atoms with E-state index < -0.39 is 12.0 Å². The van der Waals surface area contributed by atoms with E-state index in [-0.39, 0.29) is 12.1 Å². The number of ether oxygens (including phenoxy) is 1. The lowest BCUT2D eigenvalue weighted by molar-refractivity contribution is -0.136. The van der Waals surface area contributed by atoms with Gasteiger partial charge in [-0.2, -0.15) is 0 Å². The van der Waals surface area contributed by atoms with Crippen LogP contribution < -0.4 is 5.32 Å². The van der Waals surface area contributed by atoms with Crippen LogP contribution in [0, 0.1) is 0 Å². The predicted octanol–water partition coefficient (Wildman–Crippen LogP) is 4.37. The Hall–Kier alpha value is -3.30. The zero-order valence-corrected chi connectivity index (χ0v) is 19.9. The highest BCUT2D eigenvalue weighted by molar-refractivity contribution is 7.99. The van der Waals surface area contributed by atoms with Gasteiger partial charge < -0.3 is 10.1 Å². The van der Waals surface area contributed by atoms with Gasteiger partial charge in [0, 0.05) is 22.5 Å². The molecule has 3 aromatic rings. The number of carbonyl (C=O) groups excluding carboxylic acids is 2. The molecule has 0 spiro atoms. The molecule has 1 saturated carbocycles. The van der Waals surface area contributed by atoms with Crippen molar-refractivity contribution in [2.75, 3.05) is 12.9 Å². The van der Waals surface area contributed by atoms with Crippen LogP contribution in [0.5, 0.6) is 0 Å². The number of nitrogens with zero attached hydrogens (tertiary/aromatic N) is 4. The molecule has 0 radical (unpaired) electrons. The molecule has 1 N–H and O–H groups in total. The molecule has 0 bridgehead atoms. The van der Waals surface area contributed by atoms with Crippen LogP contribution in [0.15, 0.2) is 77.4 Å². The number of amides is 2. The number of thioether (sulfide) groups is 1. The number of rotatable bonds is 7. The molecule has 34 heavy (non-hydrogen) atoms. The maximum Gasteiger partial charge on any atom is 0.338 e. The summed E-state index contributed by atoms with van der Waals surface area (Å²) in [6.07, 6.45) is 3.40. The minimum absolute atomic E-state index is 0.0674. The van der Waals surface area contributed by atoms with Crippen molar-refractivity contribution in [2.45, 2.75) is 30.1 Å². The molecule has 0 saturated heterocycles. The van der Waals surface area contributed by atoms with Gasteiger partial charge in [-0.1, -0.05) is 59.8 Å². The monoisotopic (exact) mass is 495 g/mol. The molecule has 1 fully saturated rings. The first-order valence-corrected chi connectivity index (χ1v) is 12.2. The first-order valence-electron chi connectivity index (χ1n) is 10.8. The molecular formula is C24H22ClN5O3S. The highest BCUT2D eigenvalue weighted by Crippen LogP contribution is 2.40. The van der Waals surface area contributed by atoms with Crippen LogP contribution in [0.3, 0.4) is 0 Å². The molecule has 8 nitrogen and oxygen atoms in total. The van der Waals surface area contributed by atoms with Crippen molar-refractivity contribution in [3.63, 3.8) is 0 Å². The normalized spacial score (nSPS) is 18.1. The molecule has 1 unspecified atom stereocenters. The number of methoxy groups -OCH3 is 1. The fourth-order valence-electron chi connectivity index (χ4n) is 4.05. The lowest BCUT2D eigenvalue weighted by Crippen LogP contribution is -2.50. The second kappa shape index (κ2) is 9.52. The van der Waals surface area contributed by atoms with E-state index in [0.29, 0.717) is 27.2 Å². The largest absolute Gasteiger partial charge is 0.466 e. The number of hydrogen-bond acceptors (Lipinski definition) is 6. The lowest BCUT2D eigenvalue weighted by Gasteiger charge is -2.36. The molecule has 1 atom stereocenters. The second-order valence-corrected chi connectivity index (χ2v) is 9.38. The van der Waals surface area contributed by atoms with Crippen LogP contribution in [0.2, 0.25) is 5.02 Å². The molecule has 2 aliphatic rings. The number of halogens is 1. The van der Waals surface area contributed by atoms with Gasteiger partial charge in [-0.05, 0) is 36.6 Å². The molecule has 1 aromatic heterocycles. The Balaban J connectivity index is 1.54. The van der Waals surface area contributed by atoms with Gasteiger partial charge in [0.1, 0.15) is 6.33 Å². The van der Waals surface area contributed by atoms with Crippen LogP contribution >= 0.6 is 23.4 Å². The topological polar surface area (TPSA) is 89.3 Å². The molecule has 2 aromatic carbocycles. The van der Waals surface area contributed by atoms with E-state index in [0.717, 1.165) is 24.1 Å². The zero-order chi connectivity index (χ0) is 23.7. The van der Waals surface area contributed by atoms with Gasteiger partial charge >= 0.3 is 12.0 Å². The fraction of sp³-hybridized carbons (Fsp3) is 0.250. The van der Waals surface area contributed by atoms with Crippen molar-refractivity contribution in [1.29, 1.82) is 0 Å². The van der Waals surface area contributed by atoms with Gasteiger partial charge in [-0.15, -0.1) is 10.2 Å². The molecule has 174 valence electrons. The predicted molar refractivity (Wildman–Crippen MR) is 129 cm³/mol. The van der Waals surface area contributed by atoms with Crippen molar-refractivity contribution in [3.05, 3.63) is 82.8 Å². The molecule has 5 rings (SSSR count). The smallest absolute Gasteiger partial charge is 0.338 e. The quantitative estimate of drug-likeness (QED) is 0.387. The molecule has 2 amide bonds. The number of aromatic nitrogens is 3. The van der Waals surface area contributed by atoms with E-state index in [1.165, 1.54) is 18.9 Å². The Bertz CT molecular complexity index is 1260. The van der Waals surface area contributed by atoms with Gasteiger partial charge in [0.15, 0.2) is 5.16 Å². The summed E-state index contributed by atoms with van der Waals surface area (Å²) in [5.74, 6) is -0.122. The van der Waals surface area contributed by atoms with Crippen LogP contribution in [0.4, 0.5) is 4.79 Å². The number of urea groups is 1. The maximum absolute atomic E-state index is 13.2. The SMILES string of the molecule is COC(=O)C1=C(CSc2nncn2-c2cccc(Cl)c2)N(C2CC2)C(=O)NC1c1ccccc1. The number of carbonyl (C=O) groups is 2. The summed E-state index contributed by atoms with van der Waals surface area (Å²) >= 11 is 7.56. The third-order valence-corrected chi connectivity index (χ3v) is 6.96. The van der Waals surface area contributed by atoms with Crippen molar-refractivity contribution in [2.24, 2.45) is 0 Å². The van der Waals surface area contributed by atoms with Gasteiger partial charge in [0.25, 0.3) is 0 Å². The van der Waals surface area contributed by atoms with Crippen LogP contribution in [-0.4, -0.2) is 50.6 Å². The van der Waals surface area contributed by atoms with Gasteiger partial charge in [0.05, 0.1) is 24.4 Å². The summed E-state index contributed by atoms with van der Waals surface area (Å²) in [6.45, 7) is 0. The van der Waals surface area contributed by atoms with Crippen molar-refractivity contribution >= 4 is 35.4 Å². The van der Waals surface area contributed by atoms with E-state index in [2.05, 4.69) is 15.5 Å². The first kappa shape index (κ1) is 22.5. The highest BCUT2D eigenvalue weighted by Gasteiger charge is 2.44. The van der Waals surface area contributed by atoms with E-state index >= 15 is 0 Å².